The van der Waals surface area contributed by atoms with Gasteiger partial charge in [0.2, 0.25) is 0 Å². The Balaban J connectivity index is 2.42. The Morgan fingerprint density at radius 2 is 2.42 bits per heavy atom. The first-order valence-electron chi connectivity index (χ1n) is 3.67. The summed E-state index contributed by atoms with van der Waals surface area (Å²) in [4.78, 5) is 21.4. The molecule has 1 fully saturated rings. The monoisotopic (exact) mass is 173 g/mol. The van der Waals surface area contributed by atoms with Crippen molar-refractivity contribution in [3.05, 3.63) is 0 Å². The van der Waals surface area contributed by atoms with Crippen LogP contribution in [-0.4, -0.2) is 31.3 Å². The third-order valence-electron chi connectivity index (χ3n) is 1.78. The molecule has 0 aliphatic carbocycles. The number of methoxy groups -OCH3 is 1. The van der Waals surface area contributed by atoms with Crippen LogP contribution < -0.4 is 5.32 Å². The van der Waals surface area contributed by atoms with Gasteiger partial charge in [0.05, 0.1) is 19.6 Å². The van der Waals surface area contributed by atoms with Crippen LogP contribution in [-0.2, 0) is 14.3 Å². The Bertz CT molecular complexity index is 204. The molecule has 5 heteroatoms. The maximum atomic E-state index is 10.8. The van der Waals surface area contributed by atoms with Gasteiger partial charge in [-0.3, -0.25) is 4.79 Å². The molecule has 0 aromatic heterocycles. The summed E-state index contributed by atoms with van der Waals surface area (Å²) in [6.45, 7) is 1.73. The van der Waals surface area contributed by atoms with Crippen molar-refractivity contribution in [1.82, 2.24) is 5.32 Å². The van der Waals surface area contributed by atoms with Gasteiger partial charge in [-0.25, -0.2) is 4.79 Å². The van der Waals surface area contributed by atoms with Gasteiger partial charge < -0.3 is 14.8 Å². The molecule has 0 aromatic carbocycles. The van der Waals surface area contributed by atoms with E-state index in [-0.39, 0.29) is 24.5 Å². The van der Waals surface area contributed by atoms with Crippen LogP contribution in [0.4, 0.5) is 4.79 Å². The number of hydrogen-bond acceptors (Lipinski definition) is 4. The van der Waals surface area contributed by atoms with Crippen molar-refractivity contribution in [3.8, 4) is 0 Å². The molecule has 12 heavy (non-hydrogen) atoms. The van der Waals surface area contributed by atoms with Crippen molar-refractivity contribution >= 4 is 12.1 Å². The lowest BCUT2D eigenvalue weighted by Gasteiger charge is -2.09. The minimum Gasteiger partial charge on any atom is -0.469 e. The largest absolute Gasteiger partial charge is 0.469 e. The number of carbonyl (C=O) groups excluding carboxylic acids is 2. The third kappa shape index (κ3) is 1.87. The lowest BCUT2D eigenvalue weighted by atomic mass is 10.1. The average Bonchev–Trinajstić information content (AvgIpc) is 2.30. The minimum absolute atomic E-state index is 0.156. The Hall–Kier alpha value is -1.26. The zero-order valence-corrected chi connectivity index (χ0v) is 6.99. The van der Waals surface area contributed by atoms with Gasteiger partial charge in [-0.2, -0.15) is 0 Å². The molecular weight excluding hydrogens is 162 g/mol. The predicted octanol–water partition coefficient (Wildman–Crippen LogP) is 0.0464. The zero-order chi connectivity index (χ0) is 9.14. The molecule has 1 N–H and O–H groups in total. The van der Waals surface area contributed by atoms with Crippen LogP contribution in [0.1, 0.15) is 13.3 Å². The van der Waals surface area contributed by atoms with Gasteiger partial charge in [0.15, 0.2) is 0 Å². The molecule has 1 saturated heterocycles. The number of cyclic esters (lactones) is 1. The van der Waals surface area contributed by atoms with E-state index in [1.54, 1.807) is 6.92 Å². The molecule has 1 aliphatic rings. The molecule has 0 spiro atoms. The third-order valence-corrected chi connectivity index (χ3v) is 1.78. The van der Waals surface area contributed by atoms with E-state index in [2.05, 4.69) is 10.1 Å². The predicted molar refractivity (Wildman–Crippen MR) is 39.5 cm³/mol. The van der Waals surface area contributed by atoms with Gasteiger partial charge in [-0.15, -0.1) is 0 Å². The maximum absolute atomic E-state index is 10.8. The van der Waals surface area contributed by atoms with Crippen LogP contribution in [0.5, 0.6) is 0 Å². The van der Waals surface area contributed by atoms with E-state index in [1.165, 1.54) is 7.11 Å². The summed E-state index contributed by atoms with van der Waals surface area (Å²) >= 11 is 0. The van der Waals surface area contributed by atoms with E-state index in [0.717, 1.165) is 0 Å². The summed E-state index contributed by atoms with van der Waals surface area (Å²) in [5.74, 6) is -0.349. The second kappa shape index (κ2) is 3.42. The van der Waals surface area contributed by atoms with Crippen LogP contribution >= 0.6 is 0 Å². The number of carbonyl (C=O) groups is 2. The van der Waals surface area contributed by atoms with Crippen LogP contribution in [0.2, 0.25) is 0 Å². The smallest absolute Gasteiger partial charge is 0.407 e. The highest BCUT2D eigenvalue weighted by Gasteiger charge is 2.32. The number of ether oxygens (including phenoxy) is 2. The molecule has 0 bridgehead atoms. The normalized spacial score (nSPS) is 27.7. The quantitative estimate of drug-likeness (QED) is 0.599. The highest BCUT2D eigenvalue weighted by Crippen LogP contribution is 2.11. The van der Waals surface area contributed by atoms with E-state index in [9.17, 15) is 9.59 Å². The van der Waals surface area contributed by atoms with Crippen LogP contribution in [0.15, 0.2) is 0 Å². The van der Waals surface area contributed by atoms with Crippen molar-refractivity contribution in [3.63, 3.8) is 0 Å². The number of nitrogens with one attached hydrogen (secondary N) is 1. The first-order valence-corrected chi connectivity index (χ1v) is 3.67. The van der Waals surface area contributed by atoms with Crippen molar-refractivity contribution in [1.29, 1.82) is 0 Å². The summed E-state index contributed by atoms with van der Waals surface area (Å²) < 4.78 is 9.21. The van der Waals surface area contributed by atoms with Crippen LogP contribution in [0.3, 0.4) is 0 Å². The van der Waals surface area contributed by atoms with Crippen LogP contribution in [0.25, 0.3) is 0 Å². The minimum atomic E-state index is -0.476. The lowest BCUT2D eigenvalue weighted by molar-refractivity contribution is -0.141. The molecular formula is C7H11NO4. The van der Waals surface area contributed by atoms with Crippen LogP contribution in [0, 0.1) is 0 Å². The Morgan fingerprint density at radius 1 is 1.75 bits per heavy atom. The summed E-state index contributed by atoms with van der Waals surface area (Å²) in [5.41, 5.74) is 0. The molecule has 0 radical (unpaired) electrons. The molecule has 2 atom stereocenters. The molecule has 68 valence electrons. The molecule has 0 saturated carbocycles. The first-order chi connectivity index (χ1) is 5.63. The van der Waals surface area contributed by atoms with Gasteiger partial charge in [0.25, 0.3) is 0 Å². The van der Waals surface area contributed by atoms with Crippen molar-refractivity contribution in [2.45, 2.75) is 25.5 Å². The second-order valence-corrected chi connectivity index (χ2v) is 2.64. The summed E-state index contributed by atoms with van der Waals surface area (Å²) in [6, 6.07) is -0.259. The molecule has 1 heterocycles. The van der Waals surface area contributed by atoms with Gasteiger partial charge >= 0.3 is 12.1 Å². The van der Waals surface area contributed by atoms with E-state index in [1.807, 2.05) is 0 Å². The topological polar surface area (TPSA) is 64.6 Å². The average molecular weight is 173 g/mol. The Morgan fingerprint density at radius 3 is 2.83 bits per heavy atom. The number of hydrogen-bond donors (Lipinski definition) is 1. The number of amides is 1. The van der Waals surface area contributed by atoms with Crippen molar-refractivity contribution < 1.29 is 19.1 Å². The summed E-state index contributed by atoms with van der Waals surface area (Å²) in [7, 11) is 1.31. The summed E-state index contributed by atoms with van der Waals surface area (Å²) in [5, 5.41) is 2.51. The lowest BCUT2D eigenvalue weighted by Crippen LogP contribution is -2.32. The van der Waals surface area contributed by atoms with E-state index in [0.29, 0.717) is 0 Å². The van der Waals surface area contributed by atoms with E-state index < -0.39 is 6.09 Å². The SMILES string of the molecule is COC(=O)C[C@H]1NC(=O)O[C@@H]1C. The fraction of sp³-hybridized carbons (Fsp3) is 0.714. The molecule has 1 amide bonds. The van der Waals surface area contributed by atoms with Crippen molar-refractivity contribution in [2.24, 2.45) is 0 Å². The molecule has 0 unspecified atom stereocenters. The first kappa shape index (κ1) is 8.83. The fourth-order valence-electron chi connectivity index (χ4n) is 1.03. The standard InChI is InChI=1S/C7H11NO4/c1-4-5(3-6(9)11-2)8-7(10)12-4/h4-5H,3H2,1-2H3,(H,8,10)/t4-,5-/m1/s1. The molecule has 5 nitrogen and oxygen atoms in total. The van der Waals surface area contributed by atoms with Gasteiger partial charge in [0.1, 0.15) is 6.10 Å². The van der Waals surface area contributed by atoms with Gasteiger partial charge in [-0.1, -0.05) is 0 Å². The van der Waals surface area contributed by atoms with Gasteiger partial charge in [0, 0.05) is 0 Å². The second-order valence-electron chi connectivity index (χ2n) is 2.64. The molecule has 1 rings (SSSR count). The Labute approximate surface area is 70.0 Å². The molecule has 0 aromatic rings. The maximum Gasteiger partial charge on any atom is 0.407 e. The van der Waals surface area contributed by atoms with Crippen molar-refractivity contribution in [2.75, 3.05) is 7.11 Å². The number of esters is 1. The summed E-state index contributed by atoms with van der Waals surface area (Å²) in [6.07, 6.45) is -0.586. The van der Waals surface area contributed by atoms with Gasteiger partial charge in [-0.05, 0) is 6.92 Å². The number of rotatable bonds is 2. The number of alkyl carbamates (subject to hydrolysis) is 1. The van der Waals surface area contributed by atoms with E-state index >= 15 is 0 Å². The zero-order valence-electron chi connectivity index (χ0n) is 6.99. The molecule has 1 aliphatic heterocycles. The Kier molecular flexibility index (Phi) is 2.52. The fourth-order valence-corrected chi connectivity index (χ4v) is 1.03. The highest BCUT2D eigenvalue weighted by molar-refractivity contribution is 5.74. The highest BCUT2D eigenvalue weighted by atomic mass is 16.6. The van der Waals surface area contributed by atoms with E-state index in [4.69, 9.17) is 4.74 Å².